The fourth-order valence-electron chi connectivity index (χ4n) is 4.53. The molecule has 0 unspecified atom stereocenters. The fraction of sp³-hybridized carbons (Fsp3) is 0.364. The number of halogens is 2. The molecule has 2 aromatic rings. The second kappa shape index (κ2) is 7.34. The lowest BCUT2D eigenvalue weighted by atomic mass is 9.39. The molecule has 1 N–H and O–H groups in total. The summed E-state index contributed by atoms with van der Waals surface area (Å²) in [6.07, 6.45) is 1.96. The van der Waals surface area contributed by atoms with Gasteiger partial charge in [-0.25, -0.2) is 4.39 Å². The molecule has 2 amide bonds. The summed E-state index contributed by atoms with van der Waals surface area (Å²) in [6, 6.07) is 13.9. The first-order valence-corrected chi connectivity index (χ1v) is 9.87. The number of hydrogen-bond donors (Lipinski definition) is 1. The average Bonchev–Trinajstić information content (AvgIpc) is 2.64. The molecule has 2 aromatic carbocycles. The lowest BCUT2D eigenvalue weighted by Gasteiger charge is -2.69. The highest BCUT2D eigenvalue weighted by Gasteiger charge is 2.72. The number of rotatable bonds is 7. The largest absolute Gasteiger partial charge is 0.484 e. The summed E-state index contributed by atoms with van der Waals surface area (Å²) < 4.78 is 18.7. The molecule has 29 heavy (non-hydrogen) atoms. The number of carbonyl (C=O) groups excluding carboxylic acids is 2. The van der Waals surface area contributed by atoms with Gasteiger partial charge in [0.25, 0.3) is 5.91 Å². The quantitative estimate of drug-likeness (QED) is 0.750. The van der Waals surface area contributed by atoms with Crippen molar-refractivity contribution in [1.29, 1.82) is 0 Å². The maximum Gasteiger partial charge on any atom is 0.258 e. The van der Waals surface area contributed by atoms with E-state index in [0.29, 0.717) is 25.8 Å². The predicted molar refractivity (Wildman–Crippen MR) is 107 cm³/mol. The van der Waals surface area contributed by atoms with E-state index >= 15 is 0 Å². The topological polar surface area (TPSA) is 58.6 Å². The van der Waals surface area contributed by atoms with E-state index in [9.17, 15) is 14.0 Å². The summed E-state index contributed by atoms with van der Waals surface area (Å²) >= 11 is 5.63. The predicted octanol–water partition coefficient (Wildman–Crippen LogP) is 3.56. The third kappa shape index (κ3) is 3.81. The Morgan fingerprint density at radius 1 is 1.17 bits per heavy atom. The van der Waals surface area contributed by atoms with Crippen molar-refractivity contribution in [3.63, 3.8) is 0 Å². The van der Waals surface area contributed by atoms with Crippen molar-refractivity contribution in [3.05, 3.63) is 64.9 Å². The summed E-state index contributed by atoms with van der Waals surface area (Å²) in [5, 5.41) is 2.97. The summed E-state index contributed by atoms with van der Waals surface area (Å²) in [5.74, 6) is -0.498. The van der Waals surface area contributed by atoms with Crippen molar-refractivity contribution in [2.75, 3.05) is 13.7 Å². The lowest BCUT2D eigenvalue weighted by molar-refractivity contribution is -0.192. The molecule has 0 saturated heterocycles. The molecule has 5 rings (SSSR count). The molecular weight excluding hydrogens is 395 g/mol. The molecule has 0 aliphatic heterocycles. The second-order valence-corrected chi connectivity index (χ2v) is 8.56. The third-order valence-electron chi connectivity index (χ3n) is 5.76. The lowest BCUT2D eigenvalue weighted by Crippen LogP contribution is -2.78. The summed E-state index contributed by atoms with van der Waals surface area (Å²) in [4.78, 5) is 26.8. The van der Waals surface area contributed by atoms with Gasteiger partial charge in [-0.15, -0.1) is 0 Å². The van der Waals surface area contributed by atoms with Gasteiger partial charge in [0.2, 0.25) is 5.91 Å². The first-order chi connectivity index (χ1) is 13.8. The molecule has 2 bridgehead atoms. The highest BCUT2D eigenvalue weighted by molar-refractivity contribution is 6.30. The minimum atomic E-state index is -0.593. The van der Waals surface area contributed by atoms with Crippen molar-refractivity contribution >= 4 is 23.4 Å². The number of nitrogens with zero attached hydrogens (tertiary/aromatic N) is 1. The number of benzene rings is 2. The molecule has 0 aromatic heterocycles. The van der Waals surface area contributed by atoms with Crippen LogP contribution in [0.2, 0.25) is 5.02 Å². The SMILES string of the molecule is CN(Cc1ccccc1)C(=O)C12CC(NC(=O)COc3ccc(Cl)c(F)c3)(C1)C2. The molecule has 0 atom stereocenters. The van der Waals surface area contributed by atoms with Gasteiger partial charge in [-0.2, -0.15) is 0 Å². The molecular formula is C22H22ClFN2O3. The van der Waals surface area contributed by atoms with Gasteiger partial charge in [0, 0.05) is 25.2 Å². The molecule has 0 radical (unpaired) electrons. The third-order valence-corrected chi connectivity index (χ3v) is 6.07. The molecule has 0 spiro atoms. The van der Waals surface area contributed by atoms with E-state index in [1.807, 2.05) is 37.4 Å². The fourth-order valence-corrected chi connectivity index (χ4v) is 4.65. The standard InChI is InChI=1S/C22H22ClFN2O3/c1-26(10-15-5-3-2-4-6-15)20(28)21-12-22(13-21,14-21)25-19(27)11-29-16-7-8-17(23)18(24)9-16/h2-9H,10-14H2,1H3,(H,25,27). The van der Waals surface area contributed by atoms with Crippen molar-refractivity contribution in [1.82, 2.24) is 10.2 Å². The summed E-state index contributed by atoms with van der Waals surface area (Å²) in [5.41, 5.74) is 0.431. The minimum Gasteiger partial charge on any atom is -0.484 e. The zero-order valence-electron chi connectivity index (χ0n) is 16.1. The van der Waals surface area contributed by atoms with E-state index in [1.165, 1.54) is 12.1 Å². The number of ether oxygens (including phenoxy) is 1. The number of nitrogens with one attached hydrogen (secondary N) is 1. The Kier molecular flexibility index (Phi) is 4.99. The van der Waals surface area contributed by atoms with Gasteiger partial charge in [-0.1, -0.05) is 41.9 Å². The molecule has 152 valence electrons. The Balaban J connectivity index is 1.24. The van der Waals surface area contributed by atoms with E-state index in [-0.39, 0.29) is 40.1 Å². The first kappa shape index (κ1) is 19.7. The molecule has 3 aliphatic rings. The van der Waals surface area contributed by atoms with Crippen LogP contribution in [0.15, 0.2) is 48.5 Å². The molecule has 3 saturated carbocycles. The van der Waals surface area contributed by atoms with E-state index in [0.717, 1.165) is 11.6 Å². The van der Waals surface area contributed by atoms with Gasteiger partial charge >= 0.3 is 0 Å². The van der Waals surface area contributed by atoms with Crippen LogP contribution in [0.3, 0.4) is 0 Å². The van der Waals surface area contributed by atoms with E-state index in [1.54, 1.807) is 4.90 Å². The normalized spacial score (nSPS) is 24.1. The average molecular weight is 417 g/mol. The Bertz CT molecular complexity index is 931. The monoisotopic (exact) mass is 416 g/mol. The van der Waals surface area contributed by atoms with Crippen LogP contribution in [0, 0.1) is 11.2 Å². The van der Waals surface area contributed by atoms with Crippen LogP contribution in [0.4, 0.5) is 4.39 Å². The minimum absolute atomic E-state index is 0.00265. The van der Waals surface area contributed by atoms with Crippen LogP contribution in [0.25, 0.3) is 0 Å². The van der Waals surface area contributed by atoms with Crippen molar-refractivity contribution in [3.8, 4) is 5.75 Å². The molecule has 5 nitrogen and oxygen atoms in total. The Hall–Kier alpha value is -2.60. The van der Waals surface area contributed by atoms with Crippen LogP contribution < -0.4 is 10.1 Å². The first-order valence-electron chi connectivity index (χ1n) is 9.49. The van der Waals surface area contributed by atoms with E-state index in [2.05, 4.69) is 5.32 Å². The van der Waals surface area contributed by atoms with Crippen LogP contribution in [0.1, 0.15) is 24.8 Å². The number of carbonyl (C=O) groups is 2. The van der Waals surface area contributed by atoms with Gasteiger partial charge in [0.1, 0.15) is 11.6 Å². The summed E-state index contributed by atoms with van der Waals surface area (Å²) in [7, 11) is 1.82. The molecule has 0 heterocycles. The molecule has 3 aliphatic carbocycles. The van der Waals surface area contributed by atoms with Crippen LogP contribution >= 0.6 is 11.6 Å². The van der Waals surface area contributed by atoms with Crippen molar-refractivity contribution < 1.29 is 18.7 Å². The van der Waals surface area contributed by atoms with Crippen LogP contribution in [-0.4, -0.2) is 35.9 Å². The number of amides is 2. The van der Waals surface area contributed by atoms with Crippen molar-refractivity contribution in [2.45, 2.75) is 31.3 Å². The smallest absolute Gasteiger partial charge is 0.258 e. The second-order valence-electron chi connectivity index (χ2n) is 8.15. The number of hydrogen-bond acceptors (Lipinski definition) is 3. The van der Waals surface area contributed by atoms with Gasteiger partial charge in [0.15, 0.2) is 6.61 Å². The maximum absolute atomic E-state index is 13.4. The Labute approximate surface area is 173 Å². The van der Waals surface area contributed by atoms with Crippen LogP contribution in [0.5, 0.6) is 5.75 Å². The van der Waals surface area contributed by atoms with Gasteiger partial charge in [-0.05, 0) is 37.0 Å². The highest BCUT2D eigenvalue weighted by atomic mass is 35.5. The van der Waals surface area contributed by atoms with Crippen LogP contribution in [-0.2, 0) is 16.1 Å². The van der Waals surface area contributed by atoms with E-state index < -0.39 is 5.82 Å². The summed E-state index contributed by atoms with van der Waals surface area (Å²) in [6.45, 7) is 0.365. The van der Waals surface area contributed by atoms with Crippen molar-refractivity contribution in [2.24, 2.45) is 5.41 Å². The maximum atomic E-state index is 13.4. The van der Waals surface area contributed by atoms with Gasteiger partial charge in [0.05, 0.1) is 10.4 Å². The zero-order chi connectivity index (χ0) is 20.6. The Morgan fingerprint density at radius 2 is 1.86 bits per heavy atom. The Morgan fingerprint density at radius 3 is 2.52 bits per heavy atom. The zero-order valence-corrected chi connectivity index (χ0v) is 16.8. The van der Waals surface area contributed by atoms with Gasteiger partial charge < -0.3 is 15.0 Å². The molecule has 3 fully saturated rings. The van der Waals surface area contributed by atoms with E-state index in [4.69, 9.17) is 16.3 Å². The highest BCUT2D eigenvalue weighted by Crippen LogP contribution is 2.67. The van der Waals surface area contributed by atoms with Gasteiger partial charge in [-0.3, -0.25) is 9.59 Å². The molecule has 7 heteroatoms.